The number of amides is 2. The van der Waals surface area contributed by atoms with Crippen LogP contribution in [0.2, 0.25) is 0 Å². The molecular formula is C40H42F3N5O7S2. The summed E-state index contributed by atoms with van der Waals surface area (Å²) in [6.45, 7) is 9.27. The van der Waals surface area contributed by atoms with Gasteiger partial charge in [-0.15, -0.1) is 6.58 Å². The van der Waals surface area contributed by atoms with Gasteiger partial charge in [0, 0.05) is 36.1 Å². The fraction of sp³-hybridized carbons (Fsp3) is 0.450. The quantitative estimate of drug-likeness (QED) is 0.111. The number of aromatic nitrogens is 2. The molecule has 3 aliphatic rings. The zero-order valence-corrected chi connectivity index (χ0v) is 33.1. The number of nitrogens with zero attached hydrogens (tertiary/aromatic N) is 3. The fourth-order valence-electron chi connectivity index (χ4n) is 7.65. The van der Waals surface area contributed by atoms with Crippen molar-refractivity contribution < 1.29 is 45.1 Å². The molecule has 3 N–H and O–H groups in total. The second kappa shape index (κ2) is 14.5. The van der Waals surface area contributed by atoms with Crippen molar-refractivity contribution in [3.63, 3.8) is 0 Å². The number of benzene rings is 2. The number of alkyl halides is 3. The monoisotopic (exact) mass is 825 g/mol. The molecule has 7 rings (SSSR count). The minimum atomic E-state index is -4.55. The summed E-state index contributed by atoms with van der Waals surface area (Å²) in [5.41, 5.74) is 4.32. The van der Waals surface area contributed by atoms with Gasteiger partial charge >= 0.3 is 6.18 Å². The van der Waals surface area contributed by atoms with Crippen LogP contribution >= 0.6 is 12.2 Å². The van der Waals surface area contributed by atoms with Crippen molar-refractivity contribution in [3.05, 3.63) is 66.7 Å². The van der Waals surface area contributed by atoms with Crippen molar-refractivity contribution in [2.24, 2.45) is 28.4 Å². The van der Waals surface area contributed by atoms with Crippen LogP contribution in [0.4, 0.5) is 13.2 Å². The van der Waals surface area contributed by atoms with Gasteiger partial charge in [0.25, 0.3) is 5.88 Å². The molecule has 4 aromatic rings. The first-order chi connectivity index (χ1) is 26.7. The smallest absolute Gasteiger partial charge is 0.416 e. The van der Waals surface area contributed by atoms with Crippen LogP contribution in [0, 0.1) is 22.7 Å². The molecule has 302 valence electrons. The summed E-state index contributed by atoms with van der Waals surface area (Å²) < 4.78 is 80.5. The number of hydrogen-bond acceptors (Lipinski definition) is 10. The zero-order chi connectivity index (χ0) is 41.2. The standard InChI is InChI=1S/C40H42F3N5O7S2/c1-5-22-18-39(22,37(51)47-57(52,53)25-14-15-25)19-29(49)28-16-24(20-48(28)36(50)27(17-31(44)56)38(2,3)4)54-35-33-32(26-8-6-7-9-30(26)55-33)45-34(46-35)21-10-12-23(13-11-21)40(41,42)43/h5-13,22,24-25,27-28H,1,14-20H2,2-4H3,(H2,44,56)(H,47,51)/t22-,24-,27-,28+,39-/m1/s1. The number of likely N-dealkylation sites (tertiary alicyclic amines) is 1. The molecule has 3 fully saturated rings. The average Bonchev–Trinajstić information content (AvgIpc) is 4.04. The summed E-state index contributed by atoms with van der Waals surface area (Å²) >= 11 is 5.21. The predicted octanol–water partition coefficient (Wildman–Crippen LogP) is 6.51. The highest BCUT2D eigenvalue weighted by molar-refractivity contribution is 7.91. The molecule has 0 spiro atoms. The number of carbonyl (C=O) groups is 3. The van der Waals surface area contributed by atoms with E-state index in [1.54, 1.807) is 24.3 Å². The molecule has 1 aliphatic heterocycles. The number of thiocarbonyl (C=S) groups is 1. The lowest BCUT2D eigenvalue weighted by molar-refractivity contribution is -0.144. The van der Waals surface area contributed by atoms with Crippen molar-refractivity contribution in [2.75, 3.05) is 6.54 Å². The number of nitrogens with two attached hydrogens (primary N) is 1. The number of ether oxygens (including phenoxy) is 1. The third kappa shape index (κ3) is 8.00. The lowest BCUT2D eigenvalue weighted by atomic mass is 9.77. The normalized spacial score (nSPS) is 23.0. The topological polar surface area (TPSA) is 175 Å². The molecule has 3 heterocycles. The van der Waals surface area contributed by atoms with Gasteiger partial charge < -0.3 is 19.8 Å². The Hall–Kier alpha value is -4.90. The van der Waals surface area contributed by atoms with Gasteiger partial charge in [0.1, 0.15) is 17.2 Å². The molecule has 2 aromatic heterocycles. The third-order valence-corrected chi connectivity index (χ3v) is 13.1. The van der Waals surface area contributed by atoms with Gasteiger partial charge in [-0.1, -0.05) is 63.3 Å². The SMILES string of the molecule is C=C[C@@H]1C[C@]1(CC(=O)[C@@H]1C[C@@H](Oc2nc(-c3ccc(C(F)(F)F)cc3)nc3c2oc2ccccc23)CN1C(=O)[C@@H](CC(N)=S)C(C)(C)C)C(=O)NS(=O)(=O)C1CC1. The van der Waals surface area contributed by atoms with Crippen LogP contribution in [0.15, 0.2) is 65.6 Å². The van der Waals surface area contributed by atoms with Gasteiger partial charge in [0.05, 0.1) is 33.8 Å². The van der Waals surface area contributed by atoms with Crippen molar-refractivity contribution in [2.45, 2.75) is 82.9 Å². The van der Waals surface area contributed by atoms with Gasteiger partial charge in [-0.3, -0.25) is 19.1 Å². The Kier molecular flexibility index (Phi) is 10.2. The summed E-state index contributed by atoms with van der Waals surface area (Å²) in [6, 6.07) is 10.3. The first kappa shape index (κ1) is 40.3. The predicted molar refractivity (Wildman–Crippen MR) is 209 cm³/mol. The Bertz CT molecular complexity index is 2410. The van der Waals surface area contributed by atoms with E-state index in [0.29, 0.717) is 29.3 Å². The van der Waals surface area contributed by atoms with E-state index in [9.17, 15) is 36.0 Å². The molecule has 0 bridgehead atoms. The maximum absolute atomic E-state index is 14.5. The Labute approximate surface area is 332 Å². The van der Waals surface area contributed by atoms with E-state index in [-0.39, 0.29) is 60.1 Å². The first-order valence-corrected chi connectivity index (χ1v) is 20.5. The van der Waals surface area contributed by atoms with Crippen LogP contribution in [-0.4, -0.2) is 69.8 Å². The van der Waals surface area contributed by atoms with Gasteiger partial charge in [0.15, 0.2) is 11.6 Å². The second-order valence-corrected chi connectivity index (χ2v) is 18.8. The molecule has 2 aliphatic carbocycles. The van der Waals surface area contributed by atoms with E-state index in [0.717, 1.165) is 12.1 Å². The number of fused-ring (bicyclic) bond motifs is 3. The van der Waals surface area contributed by atoms with Crippen LogP contribution in [0.25, 0.3) is 33.5 Å². The van der Waals surface area contributed by atoms with Crippen LogP contribution in [0.3, 0.4) is 0 Å². The van der Waals surface area contributed by atoms with E-state index < -0.39 is 79.4 Å². The summed E-state index contributed by atoms with van der Waals surface area (Å²) in [5, 5.41) is -0.0535. The highest BCUT2D eigenvalue weighted by Gasteiger charge is 2.61. The first-order valence-electron chi connectivity index (χ1n) is 18.6. The Morgan fingerprint density at radius 3 is 2.40 bits per heavy atom. The van der Waals surface area contributed by atoms with E-state index in [2.05, 4.69) is 21.3 Å². The van der Waals surface area contributed by atoms with Crippen molar-refractivity contribution >= 4 is 66.9 Å². The number of sulfonamides is 1. The number of furan rings is 1. The van der Waals surface area contributed by atoms with Crippen LogP contribution in [-0.2, 0) is 30.6 Å². The molecule has 2 amide bonds. The highest BCUT2D eigenvalue weighted by atomic mass is 32.2. The molecule has 12 nitrogen and oxygen atoms in total. The van der Waals surface area contributed by atoms with Crippen molar-refractivity contribution in [1.29, 1.82) is 0 Å². The Morgan fingerprint density at radius 1 is 1.12 bits per heavy atom. The lowest BCUT2D eigenvalue weighted by Crippen LogP contribution is -2.48. The minimum absolute atomic E-state index is 0.0350. The molecule has 0 radical (unpaired) electrons. The summed E-state index contributed by atoms with van der Waals surface area (Å²) in [6.07, 6.45) is -3.12. The van der Waals surface area contributed by atoms with Crippen LogP contribution in [0.1, 0.15) is 64.9 Å². The maximum Gasteiger partial charge on any atom is 0.416 e. The molecule has 57 heavy (non-hydrogen) atoms. The third-order valence-electron chi connectivity index (χ3n) is 11.2. The van der Waals surface area contributed by atoms with Gasteiger partial charge in [-0.2, -0.15) is 18.2 Å². The van der Waals surface area contributed by atoms with E-state index in [1.165, 1.54) is 23.1 Å². The van der Waals surface area contributed by atoms with Crippen molar-refractivity contribution in [3.8, 4) is 17.3 Å². The molecule has 0 unspecified atom stereocenters. The lowest BCUT2D eigenvalue weighted by Gasteiger charge is -2.35. The molecule has 5 atom stereocenters. The number of rotatable bonds is 13. The Morgan fingerprint density at radius 2 is 1.81 bits per heavy atom. The number of allylic oxidation sites excluding steroid dienone is 1. The summed E-state index contributed by atoms with van der Waals surface area (Å²) in [7, 11) is -3.91. The molecule has 2 aromatic carbocycles. The van der Waals surface area contributed by atoms with E-state index in [1.807, 2.05) is 20.8 Å². The second-order valence-electron chi connectivity index (χ2n) is 16.3. The van der Waals surface area contributed by atoms with Crippen LogP contribution < -0.4 is 15.2 Å². The average molecular weight is 826 g/mol. The number of hydrogen-bond donors (Lipinski definition) is 2. The molecule has 17 heteroatoms. The highest BCUT2D eigenvalue weighted by Crippen LogP contribution is 2.57. The van der Waals surface area contributed by atoms with Gasteiger partial charge in [0.2, 0.25) is 27.4 Å². The van der Waals surface area contributed by atoms with Gasteiger partial charge in [-0.25, -0.2) is 13.4 Å². The fourth-order valence-corrected chi connectivity index (χ4v) is 9.20. The number of para-hydroxylation sites is 1. The number of halogens is 3. The van der Waals surface area contributed by atoms with E-state index >= 15 is 0 Å². The van der Waals surface area contributed by atoms with E-state index in [4.69, 9.17) is 27.1 Å². The number of Topliss-reactive ketones (excluding diaryl/α,β-unsaturated/α-hetero) is 1. The molecular weight excluding hydrogens is 784 g/mol. The number of nitrogens with one attached hydrogen (secondary N) is 1. The summed E-state index contributed by atoms with van der Waals surface area (Å²) in [4.78, 5) is 53.3. The molecule has 2 saturated carbocycles. The van der Waals surface area contributed by atoms with Crippen LogP contribution in [0.5, 0.6) is 5.88 Å². The molecule has 1 saturated heterocycles. The summed E-state index contributed by atoms with van der Waals surface area (Å²) in [5.74, 6) is -2.85. The maximum atomic E-state index is 14.5. The number of ketones is 1. The number of carbonyl (C=O) groups excluding carboxylic acids is 3. The van der Waals surface area contributed by atoms with Gasteiger partial charge in [-0.05, 0) is 54.9 Å². The minimum Gasteiger partial charge on any atom is -0.470 e. The Balaban J connectivity index is 1.24. The largest absolute Gasteiger partial charge is 0.470 e. The zero-order valence-electron chi connectivity index (χ0n) is 31.5. The van der Waals surface area contributed by atoms with Crippen molar-refractivity contribution in [1.82, 2.24) is 19.6 Å².